The number of sulfonamides is 1. The fourth-order valence-corrected chi connectivity index (χ4v) is 6.95. The summed E-state index contributed by atoms with van der Waals surface area (Å²) >= 11 is 0. The van der Waals surface area contributed by atoms with E-state index in [4.69, 9.17) is 4.74 Å². The standard InChI is InChI=1S/C33H49N3O4S/c1-5-6-18-36(32(37)23-27-10-8-7-9-11-27)30-16-19-35(20-17-30)24-28-12-14-31(15-13-28)40-33-25(2)21-29(22-26(33)3)34-41(4,38)39/h12-15,21-22,27,30,34H,5-11,16-20,23-24H2,1-4H3. The average Bonchev–Trinajstić information content (AvgIpc) is 2.92. The minimum absolute atomic E-state index is 0.371. The molecule has 1 N–H and O–H groups in total. The number of unbranched alkanes of at least 4 members (excludes halogenated alkanes) is 1. The van der Waals surface area contributed by atoms with E-state index in [-0.39, 0.29) is 0 Å². The van der Waals surface area contributed by atoms with Crippen LogP contribution in [0.5, 0.6) is 11.5 Å². The summed E-state index contributed by atoms with van der Waals surface area (Å²) in [6.07, 6.45) is 12.6. The molecule has 0 aromatic heterocycles. The number of ether oxygens (including phenoxy) is 1. The second kappa shape index (κ2) is 14.5. The number of nitrogens with zero attached hydrogens (tertiary/aromatic N) is 2. The molecule has 1 amide bonds. The van der Waals surface area contributed by atoms with Crippen LogP contribution in [0, 0.1) is 19.8 Å². The van der Waals surface area contributed by atoms with Gasteiger partial charge < -0.3 is 9.64 Å². The molecule has 2 aromatic carbocycles. The van der Waals surface area contributed by atoms with Crippen LogP contribution in [0.25, 0.3) is 0 Å². The fraction of sp³-hybridized carbons (Fsp3) is 0.606. The molecule has 2 fully saturated rings. The Bertz CT molecular complexity index is 1220. The normalized spacial score (nSPS) is 17.4. The number of likely N-dealkylation sites (tertiary alicyclic amines) is 1. The van der Waals surface area contributed by atoms with Gasteiger partial charge in [0.25, 0.3) is 0 Å². The molecule has 2 aliphatic rings. The smallest absolute Gasteiger partial charge is 0.229 e. The maximum absolute atomic E-state index is 13.3. The van der Waals surface area contributed by atoms with E-state index in [0.717, 1.165) is 87.2 Å². The average molecular weight is 584 g/mol. The number of anilines is 1. The Morgan fingerprint density at radius 1 is 1.00 bits per heavy atom. The third kappa shape index (κ3) is 9.47. The predicted octanol–water partition coefficient (Wildman–Crippen LogP) is 7.03. The molecular formula is C33H49N3O4S. The third-order valence-electron chi connectivity index (χ3n) is 8.57. The van der Waals surface area contributed by atoms with Gasteiger partial charge in [0.1, 0.15) is 11.5 Å². The highest BCUT2D eigenvalue weighted by atomic mass is 32.2. The van der Waals surface area contributed by atoms with Crippen molar-refractivity contribution in [3.8, 4) is 11.5 Å². The molecule has 7 nitrogen and oxygen atoms in total. The van der Waals surface area contributed by atoms with Crippen molar-refractivity contribution in [3.63, 3.8) is 0 Å². The van der Waals surface area contributed by atoms with E-state index in [1.54, 1.807) is 12.1 Å². The first-order valence-corrected chi connectivity index (χ1v) is 17.4. The number of hydrogen-bond acceptors (Lipinski definition) is 5. The number of carbonyl (C=O) groups is 1. The Labute approximate surface area is 247 Å². The lowest BCUT2D eigenvalue weighted by atomic mass is 9.86. The largest absolute Gasteiger partial charge is 0.457 e. The van der Waals surface area contributed by atoms with Gasteiger partial charge in [0, 0.05) is 44.3 Å². The van der Waals surface area contributed by atoms with E-state index >= 15 is 0 Å². The zero-order valence-corrected chi connectivity index (χ0v) is 26.3. The van der Waals surface area contributed by atoms with E-state index < -0.39 is 10.0 Å². The fourth-order valence-electron chi connectivity index (χ4n) is 6.41. The summed E-state index contributed by atoms with van der Waals surface area (Å²) in [5.41, 5.74) is 3.52. The molecule has 2 aromatic rings. The van der Waals surface area contributed by atoms with Gasteiger partial charge >= 0.3 is 0 Å². The van der Waals surface area contributed by atoms with Gasteiger partial charge in [0.05, 0.1) is 6.26 Å². The van der Waals surface area contributed by atoms with Gasteiger partial charge in [-0.05, 0) is 92.8 Å². The summed E-state index contributed by atoms with van der Waals surface area (Å²) in [5, 5.41) is 0. The molecule has 0 unspecified atom stereocenters. The van der Waals surface area contributed by atoms with Gasteiger partial charge in [0.2, 0.25) is 15.9 Å². The summed E-state index contributed by atoms with van der Waals surface area (Å²) in [5.74, 6) is 2.48. The highest BCUT2D eigenvalue weighted by Gasteiger charge is 2.29. The first kappa shape index (κ1) is 31.4. The van der Waals surface area contributed by atoms with Gasteiger partial charge in [-0.15, -0.1) is 0 Å². The number of benzene rings is 2. The minimum Gasteiger partial charge on any atom is -0.457 e. The maximum Gasteiger partial charge on any atom is 0.229 e. The van der Waals surface area contributed by atoms with E-state index in [9.17, 15) is 13.2 Å². The van der Waals surface area contributed by atoms with Crippen molar-refractivity contribution in [2.24, 2.45) is 5.92 Å². The molecule has 4 rings (SSSR count). The Hall–Kier alpha value is -2.58. The van der Waals surface area contributed by atoms with Crippen molar-refractivity contribution in [1.29, 1.82) is 0 Å². The quantitative estimate of drug-likeness (QED) is 0.290. The van der Waals surface area contributed by atoms with E-state index in [1.165, 1.54) is 37.7 Å². The van der Waals surface area contributed by atoms with E-state index in [2.05, 4.69) is 33.6 Å². The topological polar surface area (TPSA) is 79.0 Å². The van der Waals surface area contributed by atoms with Crippen molar-refractivity contribution >= 4 is 21.6 Å². The highest BCUT2D eigenvalue weighted by Crippen LogP contribution is 2.32. The molecule has 8 heteroatoms. The van der Waals surface area contributed by atoms with Crippen LogP contribution >= 0.6 is 0 Å². The van der Waals surface area contributed by atoms with Gasteiger partial charge in [-0.2, -0.15) is 0 Å². The summed E-state index contributed by atoms with van der Waals surface area (Å²) < 4.78 is 31.9. The molecule has 1 aliphatic carbocycles. The Balaban J connectivity index is 1.29. The second-order valence-electron chi connectivity index (χ2n) is 12.2. The third-order valence-corrected chi connectivity index (χ3v) is 9.18. The lowest BCUT2D eigenvalue weighted by Crippen LogP contribution is -2.48. The predicted molar refractivity (Wildman–Crippen MR) is 167 cm³/mol. The molecule has 1 heterocycles. The molecule has 0 radical (unpaired) electrons. The monoisotopic (exact) mass is 583 g/mol. The Morgan fingerprint density at radius 3 is 2.22 bits per heavy atom. The number of amides is 1. The molecule has 1 saturated heterocycles. The first-order chi connectivity index (χ1) is 19.6. The van der Waals surface area contributed by atoms with Crippen LogP contribution in [-0.2, 0) is 21.4 Å². The second-order valence-corrected chi connectivity index (χ2v) is 14.0. The van der Waals surface area contributed by atoms with Gasteiger partial charge in [-0.1, -0.05) is 44.7 Å². The van der Waals surface area contributed by atoms with Gasteiger partial charge in [0.15, 0.2) is 0 Å². The van der Waals surface area contributed by atoms with Crippen LogP contribution in [0.15, 0.2) is 36.4 Å². The molecule has 1 saturated carbocycles. The zero-order valence-electron chi connectivity index (χ0n) is 25.5. The van der Waals surface area contributed by atoms with Crippen LogP contribution < -0.4 is 9.46 Å². The van der Waals surface area contributed by atoms with Crippen molar-refractivity contribution in [2.75, 3.05) is 30.6 Å². The van der Waals surface area contributed by atoms with Crippen molar-refractivity contribution in [3.05, 3.63) is 53.1 Å². The van der Waals surface area contributed by atoms with Crippen LogP contribution in [0.4, 0.5) is 5.69 Å². The summed E-state index contributed by atoms with van der Waals surface area (Å²) in [6, 6.07) is 12.2. The number of nitrogens with one attached hydrogen (secondary N) is 1. The SMILES string of the molecule is CCCCN(C(=O)CC1CCCCC1)C1CCN(Cc2ccc(Oc3c(C)cc(NS(C)(=O)=O)cc3C)cc2)CC1. The van der Waals surface area contributed by atoms with Crippen LogP contribution in [-0.4, -0.2) is 56.1 Å². The number of hydrogen-bond donors (Lipinski definition) is 1. The number of piperidine rings is 1. The van der Waals surface area contributed by atoms with Crippen LogP contribution in [0.1, 0.15) is 87.8 Å². The molecule has 0 spiro atoms. The van der Waals surface area contributed by atoms with Crippen molar-refractivity contribution < 1.29 is 17.9 Å². The lowest BCUT2D eigenvalue weighted by Gasteiger charge is -2.39. The maximum atomic E-state index is 13.3. The van der Waals surface area contributed by atoms with Crippen LogP contribution in [0.2, 0.25) is 0 Å². The molecule has 226 valence electrons. The molecular weight excluding hydrogens is 534 g/mol. The van der Waals surface area contributed by atoms with Crippen LogP contribution in [0.3, 0.4) is 0 Å². The van der Waals surface area contributed by atoms with Crippen molar-refractivity contribution in [1.82, 2.24) is 9.80 Å². The van der Waals surface area contributed by atoms with Gasteiger partial charge in [-0.25, -0.2) is 8.42 Å². The highest BCUT2D eigenvalue weighted by molar-refractivity contribution is 7.92. The minimum atomic E-state index is -3.33. The lowest BCUT2D eigenvalue weighted by molar-refractivity contribution is -0.136. The number of aryl methyl sites for hydroxylation is 2. The molecule has 1 aliphatic heterocycles. The van der Waals surface area contributed by atoms with Crippen molar-refractivity contribution in [2.45, 2.75) is 97.6 Å². The molecule has 0 atom stereocenters. The van der Waals surface area contributed by atoms with E-state index in [1.807, 2.05) is 26.0 Å². The summed E-state index contributed by atoms with van der Waals surface area (Å²) in [4.78, 5) is 18.1. The first-order valence-electron chi connectivity index (χ1n) is 15.5. The number of carbonyl (C=O) groups excluding carboxylic acids is 1. The molecule has 41 heavy (non-hydrogen) atoms. The zero-order chi connectivity index (χ0) is 29.4. The number of rotatable bonds is 12. The Morgan fingerprint density at radius 2 is 1.63 bits per heavy atom. The Kier molecular flexibility index (Phi) is 11.1. The van der Waals surface area contributed by atoms with E-state index in [0.29, 0.717) is 23.6 Å². The summed E-state index contributed by atoms with van der Waals surface area (Å²) in [6.45, 7) is 9.86. The molecule has 0 bridgehead atoms. The summed E-state index contributed by atoms with van der Waals surface area (Å²) in [7, 11) is -3.33. The van der Waals surface area contributed by atoms with Gasteiger partial charge in [-0.3, -0.25) is 14.4 Å².